The molecular weight excluding hydrogens is 430 g/mol. The maximum Gasteiger partial charge on any atom is 0.230 e. The van der Waals surface area contributed by atoms with E-state index in [1.165, 1.54) is 17.3 Å². The van der Waals surface area contributed by atoms with E-state index in [9.17, 15) is 10.1 Å². The van der Waals surface area contributed by atoms with E-state index in [1.807, 2.05) is 20.8 Å². The van der Waals surface area contributed by atoms with Crippen LogP contribution < -0.4 is 5.32 Å². The SMILES string of the molecule is Cc1nc(SCC(=O)NCCCCN2CCN(Cc3ccccc3)CC2)c(C#N)c(C)c1C. The van der Waals surface area contributed by atoms with Crippen molar-refractivity contribution in [1.82, 2.24) is 20.1 Å². The van der Waals surface area contributed by atoms with Gasteiger partial charge in [-0.2, -0.15) is 5.26 Å². The third-order valence-electron chi connectivity index (χ3n) is 6.35. The van der Waals surface area contributed by atoms with Gasteiger partial charge in [0.2, 0.25) is 5.91 Å². The summed E-state index contributed by atoms with van der Waals surface area (Å²) in [6, 6.07) is 12.9. The quantitative estimate of drug-likeness (QED) is 0.426. The molecule has 33 heavy (non-hydrogen) atoms. The Morgan fingerprint density at radius 1 is 1.06 bits per heavy atom. The molecule has 0 aliphatic carbocycles. The molecule has 3 rings (SSSR count). The Kier molecular flexibility index (Phi) is 9.74. The number of carbonyl (C=O) groups excluding carboxylic acids is 1. The minimum atomic E-state index is -0.00361. The van der Waals surface area contributed by atoms with Crippen molar-refractivity contribution in [3.8, 4) is 6.07 Å². The molecule has 176 valence electrons. The van der Waals surface area contributed by atoms with Crippen molar-refractivity contribution in [2.45, 2.75) is 45.2 Å². The summed E-state index contributed by atoms with van der Waals surface area (Å²) in [5.74, 6) is 0.281. The molecule has 1 amide bonds. The van der Waals surface area contributed by atoms with Gasteiger partial charge in [0, 0.05) is 45.0 Å². The summed E-state index contributed by atoms with van der Waals surface area (Å²) in [6.07, 6.45) is 2.06. The van der Waals surface area contributed by atoms with Gasteiger partial charge in [-0.1, -0.05) is 42.1 Å². The molecule has 1 fully saturated rings. The molecule has 1 aromatic carbocycles. The van der Waals surface area contributed by atoms with Crippen LogP contribution in [-0.4, -0.2) is 65.7 Å². The highest BCUT2D eigenvalue weighted by Crippen LogP contribution is 2.26. The largest absolute Gasteiger partial charge is 0.355 e. The molecule has 0 spiro atoms. The van der Waals surface area contributed by atoms with Crippen LogP contribution in [0.2, 0.25) is 0 Å². The van der Waals surface area contributed by atoms with E-state index in [-0.39, 0.29) is 11.7 Å². The van der Waals surface area contributed by atoms with Gasteiger partial charge in [-0.15, -0.1) is 0 Å². The molecule has 1 N–H and O–H groups in total. The van der Waals surface area contributed by atoms with Crippen LogP contribution in [0.5, 0.6) is 0 Å². The summed E-state index contributed by atoms with van der Waals surface area (Å²) >= 11 is 1.35. The van der Waals surface area contributed by atoms with Crippen molar-refractivity contribution in [3.63, 3.8) is 0 Å². The zero-order valence-electron chi connectivity index (χ0n) is 20.1. The number of amides is 1. The van der Waals surface area contributed by atoms with E-state index in [1.54, 1.807) is 0 Å². The number of nitriles is 1. The number of thioether (sulfide) groups is 1. The Hall–Kier alpha value is -2.40. The molecule has 1 saturated heterocycles. The predicted molar refractivity (Wildman–Crippen MR) is 134 cm³/mol. The standard InChI is InChI=1S/C26H35N5OS/c1-20-21(2)24(17-27)26(29-22(20)3)33-19-25(32)28-11-7-8-12-30-13-15-31(16-14-30)18-23-9-5-4-6-10-23/h4-6,9-10H,7-8,11-16,18-19H2,1-3H3,(H,28,32). The summed E-state index contributed by atoms with van der Waals surface area (Å²) < 4.78 is 0. The molecule has 1 aliphatic rings. The van der Waals surface area contributed by atoms with Gasteiger partial charge in [0.05, 0.1) is 11.3 Å². The van der Waals surface area contributed by atoms with E-state index in [2.05, 4.69) is 56.5 Å². The van der Waals surface area contributed by atoms with Crippen molar-refractivity contribution >= 4 is 17.7 Å². The molecule has 1 aromatic heterocycles. The van der Waals surface area contributed by atoms with Gasteiger partial charge in [0.25, 0.3) is 0 Å². The van der Waals surface area contributed by atoms with Crippen LogP contribution in [0.4, 0.5) is 0 Å². The Balaban J connectivity index is 1.28. The van der Waals surface area contributed by atoms with Gasteiger partial charge >= 0.3 is 0 Å². The number of rotatable bonds is 10. The Morgan fingerprint density at radius 2 is 1.76 bits per heavy atom. The number of nitrogens with one attached hydrogen (secondary N) is 1. The zero-order valence-corrected chi connectivity index (χ0v) is 20.9. The van der Waals surface area contributed by atoms with Gasteiger partial charge in [0.15, 0.2) is 0 Å². The third kappa shape index (κ3) is 7.56. The Labute approximate surface area is 202 Å². The minimum absolute atomic E-state index is 0.00361. The molecule has 7 heteroatoms. The van der Waals surface area contributed by atoms with Gasteiger partial charge in [-0.25, -0.2) is 4.98 Å². The van der Waals surface area contributed by atoms with Crippen LogP contribution in [0, 0.1) is 32.1 Å². The number of carbonyl (C=O) groups is 1. The molecule has 0 bridgehead atoms. The maximum atomic E-state index is 12.2. The summed E-state index contributed by atoms with van der Waals surface area (Å²) in [5, 5.41) is 13.1. The number of aromatic nitrogens is 1. The second-order valence-electron chi connectivity index (χ2n) is 8.69. The Morgan fingerprint density at radius 3 is 2.45 bits per heavy atom. The topological polar surface area (TPSA) is 72.3 Å². The minimum Gasteiger partial charge on any atom is -0.355 e. The first-order valence-electron chi connectivity index (χ1n) is 11.7. The fourth-order valence-corrected chi connectivity index (χ4v) is 4.95. The van der Waals surface area contributed by atoms with Gasteiger partial charge < -0.3 is 10.2 Å². The number of benzene rings is 1. The molecule has 0 atom stereocenters. The number of nitrogens with zero attached hydrogens (tertiary/aromatic N) is 4. The van der Waals surface area contributed by atoms with Crippen LogP contribution >= 0.6 is 11.8 Å². The Bertz CT molecular complexity index is 965. The number of pyridine rings is 1. The fraction of sp³-hybridized carbons (Fsp3) is 0.500. The van der Waals surface area contributed by atoms with Crippen molar-refractivity contribution < 1.29 is 4.79 Å². The highest BCUT2D eigenvalue weighted by molar-refractivity contribution is 8.00. The lowest BCUT2D eigenvalue weighted by Gasteiger charge is -2.34. The van der Waals surface area contributed by atoms with Crippen LogP contribution in [0.3, 0.4) is 0 Å². The highest BCUT2D eigenvalue weighted by Gasteiger charge is 2.17. The van der Waals surface area contributed by atoms with Gasteiger partial charge in [0.1, 0.15) is 11.1 Å². The fourth-order valence-electron chi connectivity index (χ4n) is 4.03. The zero-order chi connectivity index (χ0) is 23.6. The summed E-state index contributed by atoms with van der Waals surface area (Å²) in [5.41, 5.74) is 4.87. The molecule has 0 saturated carbocycles. The van der Waals surface area contributed by atoms with Crippen LogP contribution in [0.25, 0.3) is 0 Å². The van der Waals surface area contributed by atoms with Crippen LogP contribution in [0.15, 0.2) is 35.4 Å². The van der Waals surface area contributed by atoms with Crippen molar-refractivity contribution in [2.75, 3.05) is 45.0 Å². The lowest BCUT2D eigenvalue weighted by Crippen LogP contribution is -2.46. The monoisotopic (exact) mass is 465 g/mol. The third-order valence-corrected chi connectivity index (χ3v) is 7.33. The van der Waals surface area contributed by atoms with Crippen molar-refractivity contribution in [3.05, 3.63) is 58.3 Å². The number of piperazine rings is 1. The van der Waals surface area contributed by atoms with Crippen molar-refractivity contribution in [2.24, 2.45) is 0 Å². The molecule has 6 nitrogen and oxygen atoms in total. The van der Waals surface area contributed by atoms with Crippen LogP contribution in [-0.2, 0) is 11.3 Å². The number of hydrogen-bond acceptors (Lipinski definition) is 6. The smallest absolute Gasteiger partial charge is 0.230 e. The average molecular weight is 466 g/mol. The van der Waals surface area contributed by atoms with E-state index in [4.69, 9.17) is 0 Å². The number of aryl methyl sites for hydroxylation is 1. The first-order valence-corrected chi connectivity index (χ1v) is 12.7. The summed E-state index contributed by atoms with van der Waals surface area (Å²) in [6.45, 7) is 13.1. The molecule has 1 aliphatic heterocycles. The highest BCUT2D eigenvalue weighted by atomic mass is 32.2. The summed E-state index contributed by atoms with van der Waals surface area (Å²) in [4.78, 5) is 21.8. The normalized spacial score (nSPS) is 14.7. The first kappa shape index (κ1) is 25.2. The second kappa shape index (κ2) is 12.7. The molecule has 2 heterocycles. The van der Waals surface area contributed by atoms with Gasteiger partial charge in [-0.05, 0) is 56.8 Å². The molecule has 2 aromatic rings. The van der Waals surface area contributed by atoms with E-state index in [0.717, 1.165) is 68.9 Å². The second-order valence-corrected chi connectivity index (χ2v) is 9.65. The average Bonchev–Trinajstić information content (AvgIpc) is 2.83. The predicted octanol–water partition coefficient (Wildman–Crippen LogP) is 3.68. The molecule has 0 unspecified atom stereocenters. The van der Waals surface area contributed by atoms with E-state index < -0.39 is 0 Å². The van der Waals surface area contributed by atoms with E-state index in [0.29, 0.717) is 17.1 Å². The molecule has 0 radical (unpaired) electrons. The van der Waals surface area contributed by atoms with Crippen LogP contribution in [0.1, 0.15) is 40.8 Å². The van der Waals surface area contributed by atoms with Gasteiger partial charge in [-0.3, -0.25) is 9.69 Å². The molecular formula is C26H35N5OS. The lowest BCUT2D eigenvalue weighted by atomic mass is 10.1. The number of unbranched alkanes of at least 4 members (excludes halogenated alkanes) is 1. The maximum absolute atomic E-state index is 12.2. The van der Waals surface area contributed by atoms with E-state index >= 15 is 0 Å². The lowest BCUT2D eigenvalue weighted by molar-refractivity contribution is -0.118. The van der Waals surface area contributed by atoms with Crippen molar-refractivity contribution in [1.29, 1.82) is 5.26 Å². The summed E-state index contributed by atoms with van der Waals surface area (Å²) in [7, 11) is 0. The first-order chi connectivity index (χ1) is 16.0. The number of hydrogen-bond donors (Lipinski definition) is 1.